The summed E-state index contributed by atoms with van der Waals surface area (Å²) in [4.78, 5) is 8.09. The molecule has 0 bridgehead atoms. The fraction of sp³-hybridized carbons (Fsp3) is 0. The van der Waals surface area contributed by atoms with Crippen molar-refractivity contribution >= 4 is 27.5 Å². The van der Waals surface area contributed by atoms with Crippen molar-refractivity contribution < 1.29 is 0 Å². The highest BCUT2D eigenvalue weighted by molar-refractivity contribution is 9.10. The van der Waals surface area contributed by atoms with Crippen LogP contribution in [0.2, 0.25) is 5.02 Å². The quantitative estimate of drug-likeness (QED) is 0.740. The molecule has 1 heterocycles. The van der Waals surface area contributed by atoms with Crippen molar-refractivity contribution in [2.75, 3.05) is 0 Å². The maximum atomic E-state index is 6.03. The summed E-state index contributed by atoms with van der Waals surface area (Å²) in [6.07, 6.45) is 3.47. The molecule has 2 rings (SSSR count). The van der Waals surface area contributed by atoms with E-state index in [1.807, 2.05) is 24.3 Å². The van der Waals surface area contributed by atoms with Crippen LogP contribution in [0.25, 0.3) is 11.1 Å². The zero-order valence-electron chi connectivity index (χ0n) is 7.11. The normalized spacial score (nSPS) is 10.1. The number of halogens is 2. The van der Waals surface area contributed by atoms with Crippen molar-refractivity contribution in [2.24, 2.45) is 0 Å². The second-order valence-corrected chi connectivity index (χ2v) is 3.84. The van der Waals surface area contributed by atoms with Crippen molar-refractivity contribution in [3.63, 3.8) is 0 Å². The summed E-state index contributed by atoms with van der Waals surface area (Å²) in [5, 5.41) is 0.707. The molecule has 0 spiro atoms. The van der Waals surface area contributed by atoms with Crippen LogP contribution in [0.5, 0.6) is 0 Å². The molecule has 0 saturated carbocycles. The van der Waals surface area contributed by atoms with Gasteiger partial charge in [0.15, 0.2) is 4.73 Å². The van der Waals surface area contributed by atoms with Gasteiger partial charge in [-0.1, -0.05) is 29.8 Å². The number of benzene rings is 1. The lowest BCUT2D eigenvalue weighted by molar-refractivity contribution is 1.11. The van der Waals surface area contributed by atoms with E-state index in [4.69, 9.17) is 11.6 Å². The largest absolute Gasteiger partial charge is 0.230 e. The molecule has 0 atom stereocenters. The number of rotatable bonds is 1. The third kappa shape index (κ3) is 1.94. The summed E-state index contributed by atoms with van der Waals surface area (Å²) >= 11 is 9.21. The standard InChI is InChI=1S/C10H6BrClN2/c11-10-13-5-7(6-14-10)8-3-1-2-4-9(8)12/h1-6H. The van der Waals surface area contributed by atoms with E-state index in [2.05, 4.69) is 25.9 Å². The van der Waals surface area contributed by atoms with Gasteiger partial charge in [-0.25, -0.2) is 9.97 Å². The van der Waals surface area contributed by atoms with Crippen LogP contribution in [0.3, 0.4) is 0 Å². The second kappa shape index (κ2) is 4.07. The van der Waals surface area contributed by atoms with Gasteiger partial charge in [0.25, 0.3) is 0 Å². The number of aromatic nitrogens is 2. The highest BCUT2D eigenvalue weighted by Gasteiger charge is 2.02. The van der Waals surface area contributed by atoms with Crippen LogP contribution >= 0.6 is 27.5 Å². The van der Waals surface area contributed by atoms with Gasteiger partial charge in [0, 0.05) is 28.5 Å². The van der Waals surface area contributed by atoms with Crippen molar-refractivity contribution in [2.45, 2.75) is 0 Å². The maximum absolute atomic E-state index is 6.03. The molecule has 0 aliphatic heterocycles. The van der Waals surface area contributed by atoms with Gasteiger partial charge in [-0.05, 0) is 22.0 Å². The highest BCUT2D eigenvalue weighted by atomic mass is 79.9. The number of nitrogens with zero attached hydrogens (tertiary/aromatic N) is 2. The Hall–Kier alpha value is -0.930. The van der Waals surface area contributed by atoms with Gasteiger partial charge in [0.2, 0.25) is 0 Å². The molecule has 2 aromatic rings. The predicted octanol–water partition coefficient (Wildman–Crippen LogP) is 3.56. The molecule has 70 valence electrons. The Bertz CT molecular complexity index is 442. The first-order chi connectivity index (χ1) is 6.77. The second-order valence-electron chi connectivity index (χ2n) is 2.72. The fourth-order valence-corrected chi connectivity index (χ4v) is 1.60. The van der Waals surface area contributed by atoms with E-state index >= 15 is 0 Å². The van der Waals surface area contributed by atoms with E-state index in [9.17, 15) is 0 Å². The summed E-state index contributed by atoms with van der Waals surface area (Å²) in [6, 6.07) is 7.61. The third-order valence-electron chi connectivity index (χ3n) is 1.81. The van der Waals surface area contributed by atoms with Gasteiger partial charge in [0.1, 0.15) is 0 Å². The zero-order valence-corrected chi connectivity index (χ0v) is 9.46. The van der Waals surface area contributed by atoms with Gasteiger partial charge < -0.3 is 0 Å². The highest BCUT2D eigenvalue weighted by Crippen LogP contribution is 2.26. The van der Waals surface area contributed by atoms with Crippen LogP contribution in [0, 0.1) is 0 Å². The van der Waals surface area contributed by atoms with Gasteiger partial charge in [-0.3, -0.25) is 0 Å². The van der Waals surface area contributed by atoms with Crippen LogP contribution < -0.4 is 0 Å². The molecule has 14 heavy (non-hydrogen) atoms. The summed E-state index contributed by atoms with van der Waals surface area (Å²) in [5.41, 5.74) is 1.86. The van der Waals surface area contributed by atoms with Gasteiger partial charge in [0.05, 0.1) is 0 Å². The Morgan fingerprint density at radius 2 is 1.71 bits per heavy atom. The minimum atomic E-state index is 0.577. The van der Waals surface area contributed by atoms with Gasteiger partial charge in [-0.2, -0.15) is 0 Å². The molecule has 0 amide bonds. The van der Waals surface area contributed by atoms with Crippen molar-refractivity contribution in [3.05, 3.63) is 46.4 Å². The first kappa shape index (κ1) is 9.62. The van der Waals surface area contributed by atoms with Crippen LogP contribution in [0.15, 0.2) is 41.4 Å². The smallest absolute Gasteiger partial charge is 0.196 e. The lowest BCUT2D eigenvalue weighted by Gasteiger charge is -2.02. The molecule has 0 aliphatic rings. The molecule has 0 radical (unpaired) electrons. The van der Waals surface area contributed by atoms with E-state index in [0.717, 1.165) is 11.1 Å². The average molecular weight is 270 g/mol. The fourth-order valence-electron chi connectivity index (χ4n) is 1.15. The molecule has 1 aromatic carbocycles. The van der Waals surface area contributed by atoms with Crippen LogP contribution in [0.1, 0.15) is 0 Å². The van der Waals surface area contributed by atoms with E-state index in [0.29, 0.717) is 9.76 Å². The van der Waals surface area contributed by atoms with Crippen LogP contribution in [-0.4, -0.2) is 9.97 Å². The van der Waals surface area contributed by atoms with E-state index < -0.39 is 0 Å². The SMILES string of the molecule is Clc1ccccc1-c1cnc(Br)nc1. The molecule has 0 aliphatic carbocycles. The molecular weight excluding hydrogens is 263 g/mol. The lowest BCUT2D eigenvalue weighted by atomic mass is 10.1. The third-order valence-corrected chi connectivity index (χ3v) is 2.54. The molecular formula is C10H6BrClN2. The van der Waals surface area contributed by atoms with Crippen molar-refractivity contribution in [3.8, 4) is 11.1 Å². The summed E-state index contributed by atoms with van der Waals surface area (Å²) in [6.45, 7) is 0. The maximum Gasteiger partial charge on any atom is 0.196 e. The average Bonchev–Trinajstić information content (AvgIpc) is 2.20. The summed E-state index contributed by atoms with van der Waals surface area (Å²) in [7, 11) is 0. The van der Waals surface area contributed by atoms with E-state index in [1.165, 1.54) is 0 Å². The Labute approximate surface area is 95.1 Å². The van der Waals surface area contributed by atoms with Crippen LogP contribution in [-0.2, 0) is 0 Å². The Morgan fingerprint density at radius 3 is 2.36 bits per heavy atom. The molecule has 1 aromatic heterocycles. The molecule has 0 fully saturated rings. The Balaban J connectivity index is 2.50. The summed E-state index contributed by atoms with van der Waals surface area (Å²) < 4.78 is 0.577. The number of hydrogen-bond acceptors (Lipinski definition) is 2. The topological polar surface area (TPSA) is 25.8 Å². The molecule has 2 nitrogen and oxygen atoms in total. The van der Waals surface area contributed by atoms with Crippen molar-refractivity contribution in [1.82, 2.24) is 9.97 Å². The monoisotopic (exact) mass is 268 g/mol. The molecule has 4 heteroatoms. The van der Waals surface area contributed by atoms with Gasteiger partial charge >= 0.3 is 0 Å². The van der Waals surface area contributed by atoms with Crippen LogP contribution in [0.4, 0.5) is 0 Å². The van der Waals surface area contributed by atoms with E-state index in [-0.39, 0.29) is 0 Å². The van der Waals surface area contributed by atoms with Crippen molar-refractivity contribution in [1.29, 1.82) is 0 Å². The Morgan fingerprint density at radius 1 is 1.07 bits per heavy atom. The Kier molecular flexibility index (Phi) is 2.79. The molecule has 0 saturated heterocycles. The minimum absolute atomic E-state index is 0.577. The predicted molar refractivity (Wildman–Crippen MR) is 60.2 cm³/mol. The first-order valence-corrected chi connectivity index (χ1v) is 5.17. The molecule has 0 unspecified atom stereocenters. The lowest BCUT2D eigenvalue weighted by Crippen LogP contribution is -1.85. The van der Waals surface area contributed by atoms with Gasteiger partial charge in [-0.15, -0.1) is 0 Å². The molecule has 0 N–H and O–H groups in total. The first-order valence-electron chi connectivity index (χ1n) is 4.00. The minimum Gasteiger partial charge on any atom is -0.230 e. The van der Waals surface area contributed by atoms with E-state index in [1.54, 1.807) is 12.4 Å². The zero-order chi connectivity index (χ0) is 9.97. The summed E-state index contributed by atoms with van der Waals surface area (Å²) in [5.74, 6) is 0. The number of hydrogen-bond donors (Lipinski definition) is 0.